The van der Waals surface area contributed by atoms with E-state index in [9.17, 15) is 0 Å². The van der Waals surface area contributed by atoms with Crippen LogP contribution in [0.25, 0.3) is 0 Å². The predicted octanol–water partition coefficient (Wildman–Crippen LogP) is 1.67. The number of nitrogens with two attached hydrogens (primary N) is 1. The predicted molar refractivity (Wildman–Crippen MR) is 48.4 cm³/mol. The fourth-order valence-corrected chi connectivity index (χ4v) is 1.03. The van der Waals surface area contributed by atoms with Crippen LogP contribution >= 0.6 is 0 Å². The first-order valence-corrected chi connectivity index (χ1v) is 4.52. The molecule has 68 valence electrons. The van der Waals surface area contributed by atoms with Crippen molar-refractivity contribution in [2.24, 2.45) is 5.73 Å². The van der Waals surface area contributed by atoms with Crippen LogP contribution in [0, 0.1) is 0 Å². The first-order chi connectivity index (χ1) is 5.12. The molecule has 0 aromatic carbocycles. The second-order valence-corrected chi connectivity index (χ2v) is 3.62. The Morgan fingerprint density at radius 2 is 1.91 bits per heavy atom. The van der Waals surface area contributed by atoms with Gasteiger partial charge in [-0.15, -0.1) is 0 Å². The van der Waals surface area contributed by atoms with Crippen LogP contribution in [0.2, 0.25) is 0 Å². The van der Waals surface area contributed by atoms with E-state index < -0.39 is 0 Å². The Kier molecular flexibility index (Phi) is 5.51. The van der Waals surface area contributed by atoms with Crippen molar-refractivity contribution < 1.29 is 5.11 Å². The highest BCUT2D eigenvalue weighted by Crippen LogP contribution is 2.11. The molecule has 2 nitrogen and oxygen atoms in total. The molecule has 0 saturated carbocycles. The molecule has 0 aromatic heterocycles. The lowest BCUT2D eigenvalue weighted by molar-refractivity contribution is 0.197. The molecular formula is C9H21NO. The van der Waals surface area contributed by atoms with Crippen LogP contribution in [-0.2, 0) is 0 Å². The van der Waals surface area contributed by atoms with Gasteiger partial charge in [0.25, 0.3) is 0 Å². The zero-order valence-corrected chi connectivity index (χ0v) is 7.77. The van der Waals surface area contributed by atoms with E-state index >= 15 is 0 Å². The number of hydrogen-bond acceptors (Lipinski definition) is 2. The first-order valence-electron chi connectivity index (χ1n) is 4.52. The Morgan fingerprint density at radius 1 is 1.27 bits per heavy atom. The second kappa shape index (κ2) is 5.56. The minimum Gasteiger partial charge on any atom is -0.394 e. The van der Waals surface area contributed by atoms with Gasteiger partial charge >= 0.3 is 0 Å². The van der Waals surface area contributed by atoms with Crippen LogP contribution in [0.3, 0.4) is 0 Å². The highest BCUT2D eigenvalue weighted by atomic mass is 16.3. The van der Waals surface area contributed by atoms with E-state index in [1.54, 1.807) is 0 Å². The third kappa shape index (κ3) is 6.32. The lowest BCUT2D eigenvalue weighted by Gasteiger charge is -2.20. The molecule has 0 aliphatic carbocycles. The van der Waals surface area contributed by atoms with Crippen molar-refractivity contribution in [3.63, 3.8) is 0 Å². The van der Waals surface area contributed by atoms with Crippen molar-refractivity contribution in [2.75, 3.05) is 6.61 Å². The van der Waals surface area contributed by atoms with Gasteiger partial charge in [-0.1, -0.05) is 32.6 Å². The van der Waals surface area contributed by atoms with Crippen LogP contribution in [0.15, 0.2) is 0 Å². The normalized spacial score (nSPS) is 16.4. The summed E-state index contributed by atoms with van der Waals surface area (Å²) in [7, 11) is 0. The van der Waals surface area contributed by atoms with Crippen LogP contribution < -0.4 is 5.73 Å². The molecule has 2 heteroatoms. The zero-order valence-electron chi connectivity index (χ0n) is 7.77. The van der Waals surface area contributed by atoms with Gasteiger partial charge in [0.1, 0.15) is 0 Å². The summed E-state index contributed by atoms with van der Waals surface area (Å²) in [5.74, 6) is 0. The molecule has 1 atom stereocenters. The van der Waals surface area contributed by atoms with Gasteiger partial charge < -0.3 is 10.8 Å². The standard InChI is InChI=1S/C9H21NO/c1-3-4-5-6-7-9(2,10)8-11/h11H,3-8,10H2,1-2H3. The van der Waals surface area contributed by atoms with E-state index in [2.05, 4.69) is 6.92 Å². The van der Waals surface area contributed by atoms with Crippen LogP contribution in [0.5, 0.6) is 0 Å². The quantitative estimate of drug-likeness (QED) is 0.579. The molecule has 0 heterocycles. The molecule has 0 saturated heterocycles. The molecule has 0 spiro atoms. The van der Waals surface area contributed by atoms with Gasteiger partial charge in [-0.05, 0) is 13.3 Å². The molecule has 11 heavy (non-hydrogen) atoms. The highest BCUT2D eigenvalue weighted by Gasteiger charge is 2.15. The Hall–Kier alpha value is -0.0800. The smallest absolute Gasteiger partial charge is 0.0608 e. The average molecular weight is 159 g/mol. The number of aliphatic hydroxyl groups excluding tert-OH is 1. The fourth-order valence-electron chi connectivity index (χ4n) is 1.03. The summed E-state index contributed by atoms with van der Waals surface area (Å²) in [4.78, 5) is 0. The van der Waals surface area contributed by atoms with Crippen molar-refractivity contribution in [3.05, 3.63) is 0 Å². The second-order valence-electron chi connectivity index (χ2n) is 3.62. The van der Waals surface area contributed by atoms with Gasteiger partial charge in [-0.25, -0.2) is 0 Å². The number of rotatable bonds is 6. The topological polar surface area (TPSA) is 46.2 Å². The summed E-state index contributed by atoms with van der Waals surface area (Å²) in [6, 6.07) is 0. The first kappa shape index (κ1) is 10.9. The minimum atomic E-state index is -0.353. The summed E-state index contributed by atoms with van der Waals surface area (Å²) < 4.78 is 0. The average Bonchev–Trinajstić information content (AvgIpc) is 1.99. The summed E-state index contributed by atoms with van der Waals surface area (Å²) >= 11 is 0. The Bertz CT molecular complexity index is 91.6. The van der Waals surface area contributed by atoms with Gasteiger partial charge in [0.05, 0.1) is 6.61 Å². The van der Waals surface area contributed by atoms with E-state index in [0.29, 0.717) is 0 Å². The van der Waals surface area contributed by atoms with Crippen molar-refractivity contribution in [1.82, 2.24) is 0 Å². The van der Waals surface area contributed by atoms with Crippen molar-refractivity contribution in [1.29, 1.82) is 0 Å². The molecule has 0 aliphatic rings. The maximum Gasteiger partial charge on any atom is 0.0608 e. The van der Waals surface area contributed by atoms with Crippen molar-refractivity contribution in [2.45, 2.75) is 51.5 Å². The van der Waals surface area contributed by atoms with E-state index in [0.717, 1.165) is 12.8 Å². The van der Waals surface area contributed by atoms with E-state index in [1.165, 1.54) is 19.3 Å². The maximum absolute atomic E-state index is 8.83. The third-order valence-corrected chi connectivity index (χ3v) is 1.96. The van der Waals surface area contributed by atoms with Crippen molar-refractivity contribution >= 4 is 0 Å². The summed E-state index contributed by atoms with van der Waals surface area (Å²) in [5, 5.41) is 8.83. The number of unbranched alkanes of at least 4 members (excludes halogenated alkanes) is 3. The molecule has 0 bridgehead atoms. The summed E-state index contributed by atoms with van der Waals surface area (Å²) in [6.07, 6.45) is 5.84. The third-order valence-electron chi connectivity index (χ3n) is 1.96. The molecule has 1 unspecified atom stereocenters. The van der Waals surface area contributed by atoms with Gasteiger partial charge in [0.15, 0.2) is 0 Å². The minimum absolute atomic E-state index is 0.0964. The lowest BCUT2D eigenvalue weighted by Crippen LogP contribution is -2.39. The zero-order chi connectivity index (χ0) is 8.74. The molecular weight excluding hydrogens is 138 g/mol. The lowest BCUT2D eigenvalue weighted by atomic mass is 9.96. The molecule has 0 amide bonds. The number of aliphatic hydroxyl groups is 1. The molecule has 3 N–H and O–H groups in total. The van der Waals surface area contributed by atoms with Gasteiger partial charge in [0.2, 0.25) is 0 Å². The fraction of sp³-hybridized carbons (Fsp3) is 1.00. The van der Waals surface area contributed by atoms with Gasteiger partial charge in [-0.3, -0.25) is 0 Å². The van der Waals surface area contributed by atoms with Crippen LogP contribution in [0.1, 0.15) is 46.0 Å². The molecule has 0 aliphatic heterocycles. The molecule has 0 radical (unpaired) electrons. The van der Waals surface area contributed by atoms with Gasteiger partial charge in [-0.2, -0.15) is 0 Å². The largest absolute Gasteiger partial charge is 0.394 e. The van der Waals surface area contributed by atoms with E-state index in [-0.39, 0.29) is 12.1 Å². The Morgan fingerprint density at radius 3 is 2.36 bits per heavy atom. The molecule has 0 rings (SSSR count). The van der Waals surface area contributed by atoms with Crippen LogP contribution in [-0.4, -0.2) is 17.3 Å². The molecule has 0 fully saturated rings. The van der Waals surface area contributed by atoms with E-state index in [4.69, 9.17) is 10.8 Å². The number of hydrogen-bond donors (Lipinski definition) is 2. The summed E-state index contributed by atoms with van der Waals surface area (Å²) in [5.41, 5.74) is 5.39. The SMILES string of the molecule is CCCCCCC(C)(N)CO. The monoisotopic (exact) mass is 159 g/mol. The van der Waals surface area contributed by atoms with Gasteiger partial charge in [0, 0.05) is 5.54 Å². The highest BCUT2D eigenvalue weighted by molar-refractivity contribution is 4.76. The Labute approximate surface area is 69.8 Å². The maximum atomic E-state index is 8.83. The van der Waals surface area contributed by atoms with Crippen LogP contribution in [0.4, 0.5) is 0 Å². The van der Waals surface area contributed by atoms with Crippen molar-refractivity contribution in [3.8, 4) is 0 Å². The molecule has 0 aromatic rings. The Balaban J connectivity index is 3.23. The van der Waals surface area contributed by atoms with E-state index in [1.807, 2.05) is 6.92 Å². The summed E-state index contributed by atoms with van der Waals surface area (Å²) in [6.45, 7) is 4.19.